The number of nitrogens with zero attached hydrogens (tertiary/aromatic N) is 1. The number of esters is 2. The van der Waals surface area contributed by atoms with E-state index in [4.69, 9.17) is 18.9 Å². The summed E-state index contributed by atoms with van der Waals surface area (Å²) in [5, 5.41) is 2.39. The maximum atomic E-state index is 16.9. The summed E-state index contributed by atoms with van der Waals surface area (Å²) >= 11 is 0. The van der Waals surface area contributed by atoms with Crippen LogP contribution in [0.1, 0.15) is 46.8 Å². The van der Waals surface area contributed by atoms with Crippen LogP contribution in [0, 0.1) is 12.7 Å². The van der Waals surface area contributed by atoms with E-state index in [0.717, 1.165) is 31.4 Å². The van der Waals surface area contributed by atoms with E-state index in [9.17, 15) is 27.6 Å². The Morgan fingerprint density at radius 1 is 0.898 bits per heavy atom. The smallest absolute Gasteiger partial charge is 0.417 e. The van der Waals surface area contributed by atoms with Gasteiger partial charge in [0.25, 0.3) is 0 Å². The van der Waals surface area contributed by atoms with E-state index >= 15 is 4.39 Å². The van der Waals surface area contributed by atoms with Crippen LogP contribution in [-0.4, -0.2) is 52.9 Å². The molecule has 4 rings (SSSR count). The van der Waals surface area contributed by atoms with E-state index in [0.29, 0.717) is 11.5 Å². The maximum absolute atomic E-state index is 16.9. The number of ether oxygens (including phenoxy) is 5. The third-order valence-corrected chi connectivity index (χ3v) is 7.93. The van der Waals surface area contributed by atoms with Gasteiger partial charge in [-0.25, -0.2) is 9.18 Å². The fraction of sp³-hybridized carbons (Fsp3) is 0.343. The second-order valence-corrected chi connectivity index (χ2v) is 11.1. The Labute approximate surface area is 280 Å². The molecule has 10 nitrogen and oxygen atoms in total. The van der Waals surface area contributed by atoms with Crippen molar-refractivity contribution < 1.29 is 55.6 Å². The van der Waals surface area contributed by atoms with Gasteiger partial charge in [-0.1, -0.05) is 24.3 Å². The molecule has 0 radical (unpaired) electrons. The van der Waals surface area contributed by atoms with E-state index in [2.05, 4.69) is 10.1 Å². The minimum absolute atomic E-state index is 0.101. The number of methoxy groups -OCH3 is 4. The summed E-state index contributed by atoms with van der Waals surface area (Å²) in [6.07, 6.45) is -7.87. The maximum Gasteiger partial charge on any atom is 0.417 e. The molecule has 1 aliphatic rings. The highest BCUT2D eigenvalue weighted by molar-refractivity contribution is 5.96. The summed E-state index contributed by atoms with van der Waals surface area (Å²) in [7, 11) is 5.17. The van der Waals surface area contributed by atoms with Crippen molar-refractivity contribution in [1.82, 2.24) is 5.32 Å². The zero-order chi connectivity index (χ0) is 35.9. The Balaban J connectivity index is 1.84. The molecular formula is C35H36F4N2O8. The number of nitrogens with one attached hydrogen (secondary N) is 1. The fourth-order valence-electron chi connectivity index (χ4n) is 5.51. The van der Waals surface area contributed by atoms with Crippen molar-refractivity contribution in [1.29, 1.82) is 0 Å². The topological polar surface area (TPSA) is 113 Å². The zero-order valence-corrected chi connectivity index (χ0v) is 27.5. The molecule has 1 heterocycles. The summed E-state index contributed by atoms with van der Waals surface area (Å²) in [6, 6.07) is 15.1. The first-order valence-corrected chi connectivity index (χ1v) is 15.0. The number of hydrogen-bond acceptors (Lipinski definition) is 9. The van der Waals surface area contributed by atoms with Gasteiger partial charge in [-0.05, 0) is 53.9 Å². The number of halogens is 4. The Morgan fingerprint density at radius 2 is 1.45 bits per heavy atom. The van der Waals surface area contributed by atoms with E-state index in [1.807, 2.05) is 0 Å². The number of carbonyl (C=O) groups is 3. The van der Waals surface area contributed by atoms with Gasteiger partial charge in [0, 0.05) is 30.8 Å². The molecule has 262 valence electrons. The largest absolute Gasteiger partial charge is 0.497 e. The van der Waals surface area contributed by atoms with Crippen molar-refractivity contribution in [2.45, 2.75) is 45.1 Å². The Morgan fingerprint density at radius 3 is 1.92 bits per heavy atom. The quantitative estimate of drug-likeness (QED) is 0.140. The summed E-state index contributed by atoms with van der Waals surface area (Å²) in [6.45, 7) is 0.826. The molecule has 0 fully saturated rings. The second-order valence-electron chi connectivity index (χ2n) is 11.1. The summed E-state index contributed by atoms with van der Waals surface area (Å²) in [4.78, 5) is 38.4. The lowest BCUT2D eigenvalue weighted by Gasteiger charge is -2.33. The van der Waals surface area contributed by atoms with Crippen molar-refractivity contribution in [3.05, 3.63) is 99.5 Å². The number of aryl methyl sites for hydroxylation is 1. The molecule has 1 atom stereocenters. The number of hydrogen-bond donors (Lipinski definition) is 1. The van der Waals surface area contributed by atoms with Crippen molar-refractivity contribution in [3.8, 4) is 11.5 Å². The SMILES string of the molecule is COC(=O)CC(=O)NC1=C(C(=O)OC)COC(c2c(F)c(N(Cc3ccc(OC)cc3)Cc3ccc(OC)cc3)cc(C)c2C(F)(F)F)C1. The number of carbonyl (C=O) groups excluding carboxylic acids is 3. The summed E-state index contributed by atoms with van der Waals surface area (Å²) in [5.74, 6) is -2.70. The zero-order valence-electron chi connectivity index (χ0n) is 27.5. The minimum Gasteiger partial charge on any atom is -0.497 e. The molecule has 3 aromatic rings. The molecule has 1 unspecified atom stereocenters. The molecule has 14 heteroatoms. The Bertz CT molecular complexity index is 1660. The van der Waals surface area contributed by atoms with Crippen LogP contribution in [0.2, 0.25) is 0 Å². The van der Waals surface area contributed by atoms with Crippen LogP contribution >= 0.6 is 0 Å². The van der Waals surface area contributed by atoms with E-state index < -0.39 is 66.5 Å². The lowest BCUT2D eigenvalue weighted by atomic mass is 9.90. The van der Waals surface area contributed by atoms with Gasteiger partial charge in [-0.15, -0.1) is 0 Å². The third-order valence-electron chi connectivity index (χ3n) is 7.93. The lowest BCUT2D eigenvalue weighted by Crippen LogP contribution is -2.34. The van der Waals surface area contributed by atoms with Crippen LogP contribution in [0.15, 0.2) is 65.9 Å². The molecule has 0 aliphatic carbocycles. The van der Waals surface area contributed by atoms with Crippen LogP contribution in [0.4, 0.5) is 23.2 Å². The van der Waals surface area contributed by atoms with Crippen molar-refractivity contribution in [2.24, 2.45) is 0 Å². The van der Waals surface area contributed by atoms with Gasteiger partial charge in [-0.3, -0.25) is 9.59 Å². The lowest BCUT2D eigenvalue weighted by molar-refractivity contribution is -0.144. The van der Waals surface area contributed by atoms with Crippen molar-refractivity contribution in [3.63, 3.8) is 0 Å². The highest BCUT2D eigenvalue weighted by atomic mass is 19.4. The number of benzene rings is 3. The monoisotopic (exact) mass is 688 g/mol. The van der Waals surface area contributed by atoms with Crippen LogP contribution < -0.4 is 19.7 Å². The van der Waals surface area contributed by atoms with Gasteiger partial charge in [0.05, 0.1) is 58.0 Å². The van der Waals surface area contributed by atoms with Gasteiger partial charge in [0.2, 0.25) is 5.91 Å². The molecule has 49 heavy (non-hydrogen) atoms. The molecular weight excluding hydrogens is 652 g/mol. The highest BCUT2D eigenvalue weighted by Crippen LogP contribution is 2.45. The van der Waals surface area contributed by atoms with Crippen LogP contribution in [0.3, 0.4) is 0 Å². The fourth-order valence-corrected chi connectivity index (χ4v) is 5.51. The number of amides is 1. The number of anilines is 1. The first kappa shape index (κ1) is 36.7. The molecule has 1 amide bonds. The van der Waals surface area contributed by atoms with Gasteiger partial charge >= 0.3 is 18.1 Å². The average molecular weight is 689 g/mol. The first-order chi connectivity index (χ1) is 23.3. The molecule has 0 saturated heterocycles. The third kappa shape index (κ3) is 8.87. The van der Waals surface area contributed by atoms with Gasteiger partial charge in [-0.2, -0.15) is 13.2 Å². The van der Waals surface area contributed by atoms with Crippen molar-refractivity contribution >= 4 is 23.5 Å². The average Bonchev–Trinajstić information content (AvgIpc) is 3.08. The molecule has 1 N–H and O–H groups in total. The Hall–Kier alpha value is -5.11. The van der Waals surface area contributed by atoms with Crippen LogP contribution in [-0.2, 0) is 47.9 Å². The summed E-state index contributed by atoms with van der Waals surface area (Å²) < 4.78 is 86.5. The van der Waals surface area contributed by atoms with Crippen molar-refractivity contribution in [2.75, 3.05) is 39.9 Å². The minimum atomic E-state index is -5.00. The molecule has 0 saturated carbocycles. The highest BCUT2D eigenvalue weighted by Gasteiger charge is 2.42. The van der Waals surface area contributed by atoms with E-state index in [1.165, 1.54) is 21.1 Å². The van der Waals surface area contributed by atoms with Gasteiger partial charge in [0.1, 0.15) is 17.9 Å². The normalized spacial score (nSPS) is 14.6. The molecule has 0 bridgehead atoms. The number of alkyl halides is 3. The van der Waals surface area contributed by atoms with E-state index in [-0.39, 0.29) is 35.6 Å². The first-order valence-electron chi connectivity index (χ1n) is 15.0. The molecule has 3 aromatic carbocycles. The predicted octanol–water partition coefficient (Wildman–Crippen LogP) is 5.94. The van der Waals surface area contributed by atoms with Gasteiger partial charge < -0.3 is 33.9 Å². The molecule has 1 aliphatic heterocycles. The van der Waals surface area contributed by atoms with E-state index in [1.54, 1.807) is 53.4 Å². The molecule has 0 aromatic heterocycles. The standard InChI is InChI=1S/C35H36F4N2O8/c1-20-14-27(41(17-21-6-10-23(45-2)11-7-21)18-22-8-12-24(46-3)13-9-22)33(36)31(32(20)35(37,38)39)28-15-26(25(19-49-28)34(44)48-5)40-29(42)16-30(43)47-4/h6-14,28H,15-19H2,1-5H3,(H,40,42). The summed E-state index contributed by atoms with van der Waals surface area (Å²) in [5.41, 5.74) is -1.34. The van der Waals surface area contributed by atoms with Gasteiger partial charge in [0.15, 0.2) is 5.82 Å². The number of rotatable bonds is 12. The van der Waals surface area contributed by atoms with Crippen LogP contribution in [0.5, 0.6) is 11.5 Å². The van der Waals surface area contributed by atoms with Crippen LogP contribution in [0.25, 0.3) is 0 Å². The second kappa shape index (κ2) is 15.9. The predicted molar refractivity (Wildman–Crippen MR) is 169 cm³/mol. The Kier molecular flexibility index (Phi) is 11.9. The molecule has 0 spiro atoms.